The molecule has 1 unspecified atom stereocenters. The van der Waals surface area contributed by atoms with Crippen LogP contribution in [0.2, 0.25) is 0 Å². The average molecular weight is 318 g/mol. The lowest BCUT2D eigenvalue weighted by Crippen LogP contribution is -2.10. The molecular formula is C16H31O4P. The first-order chi connectivity index (χ1) is 10.1. The van der Waals surface area contributed by atoms with E-state index in [0.717, 1.165) is 25.7 Å². The number of rotatable bonds is 13. The van der Waals surface area contributed by atoms with E-state index in [4.69, 9.17) is 13.6 Å². The molecule has 0 aliphatic heterocycles. The van der Waals surface area contributed by atoms with Crippen molar-refractivity contribution in [3.63, 3.8) is 0 Å². The summed E-state index contributed by atoms with van der Waals surface area (Å²) in [6.45, 7) is 8.93. The fourth-order valence-electron chi connectivity index (χ4n) is 1.67. The maximum atomic E-state index is 12.5. The summed E-state index contributed by atoms with van der Waals surface area (Å²) in [4.78, 5) is 0. The van der Waals surface area contributed by atoms with E-state index in [0.29, 0.717) is 12.5 Å². The van der Waals surface area contributed by atoms with E-state index in [9.17, 15) is 4.57 Å². The summed E-state index contributed by atoms with van der Waals surface area (Å²) in [5, 5.41) is 0. The molecule has 0 aromatic heterocycles. The standard InChI is InChI=1S/C16H31O4P/c1-5-9-12-16(8-4)15-20-21(17,18-13-10-6-2)19-14-11-7-3/h6-7,10-11,16H,5,8-9,12-15H2,1-4H3. The molecule has 5 heteroatoms. The SMILES string of the molecule is CC=CCOP(=O)(OCC=CC)OCC(CC)CCCC. The Kier molecular flexibility index (Phi) is 13.0. The second kappa shape index (κ2) is 13.3. The lowest BCUT2D eigenvalue weighted by atomic mass is 10.0. The van der Waals surface area contributed by atoms with Crippen LogP contribution >= 0.6 is 7.82 Å². The minimum Gasteiger partial charge on any atom is -0.287 e. The number of hydrogen-bond acceptors (Lipinski definition) is 4. The Morgan fingerprint density at radius 2 is 1.57 bits per heavy atom. The second-order valence-corrected chi connectivity index (χ2v) is 6.56. The molecule has 0 saturated carbocycles. The highest BCUT2D eigenvalue weighted by Gasteiger charge is 2.27. The third-order valence-corrected chi connectivity index (χ3v) is 4.54. The molecule has 0 spiro atoms. The minimum atomic E-state index is -3.48. The highest BCUT2D eigenvalue weighted by Crippen LogP contribution is 2.50. The number of hydrogen-bond donors (Lipinski definition) is 0. The molecule has 0 aliphatic carbocycles. The van der Waals surface area contributed by atoms with E-state index in [2.05, 4.69) is 13.8 Å². The van der Waals surface area contributed by atoms with Crippen LogP contribution in [0.15, 0.2) is 24.3 Å². The maximum Gasteiger partial charge on any atom is 0.475 e. The molecule has 0 aromatic rings. The molecule has 21 heavy (non-hydrogen) atoms. The molecule has 0 amide bonds. The molecule has 4 nitrogen and oxygen atoms in total. The van der Waals surface area contributed by atoms with Gasteiger partial charge in [0.25, 0.3) is 0 Å². The predicted molar refractivity (Wildman–Crippen MR) is 88.4 cm³/mol. The third kappa shape index (κ3) is 10.9. The van der Waals surface area contributed by atoms with Gasteiger partial charge in [0.15, 0.2) is 0 Å². The van der Waals surface area contributed by atoms with Gasteiger partial charge in [0.2, 0.25) is 0 Å². The molecule has 0 N–H and O–H groups in total. The topological polar surface area (TPSA) is 44.8 Å². The molecule has 0 fully saturated rings. The van der Waals surface area contributed by atoms with Crippen molar-refractivity contribution >= 4 is 7.82 Å². The summed E-state index contributed by atoms with van der Waals surface area (Å²) in [5.41, 5.74) is 0. The summed E-state index contributed by atoms with van der Waals surface area (Å²) in [5.74, 6) is 0.397. The van der Waals surface area contributed by atoms with Gasteiger partial charge in [-0.15, -0.1) is 0 Å². The monoisotopic (exact) mass is 318 g/mol. The first-order valence-electron chi connectivity index (χ1n) is 7.87. The highest BCUT2D eigenvalue weighted by atomic mass is 31.2. The molecular weight excluding hydrogens is 287 g/mol. The van der Waals surface area contributed by atoms with Crippen LogP contribution in [-0.4, -0.2) is 19.8 Å². The summed E-state index contributed by atoms with van der Waals surface area (Å²) in [6.07, 6.45) is 11.6. The Bertz CT molecular complexity index is 319. The largest absolute Gasteiger partial charge is 0.475 e. The molecule has 0 rings (SSSR count). The van der Waals surface area contributed by atoms with Crippen molar-refractivity contribution in [1.82, 2.24) is 0 Å². The number of phosphoric ester groups is 1. The lowest BCUT2D eigenvalue weighted by molar-refractivity contribution is 0.112. The summed E-state index contributed by atoms with van der Waals surface area (Å²) < 4.78 is 28.7. The van der Waals surface area contributed by atoms with E-state index in [1.54, 1.807) is 12.2 Å². The van der Waals surface area contributed by atoms with Crippen molar-refractivity contribution in [2.45, 2.75) is 53.4 Å². The number of unbranched alkanes of at least 4 members (excludes halogenated alkanes) is 1. The fraction of sp³-hybridized carbons (Fsp3) is 0.750. The van der Waals surface area contributed by atoms with Gasteiger partial charge in [-0.25, -0.2) is 4.57 Å². The Morgan fingerprint density at radius 1 is 1.00 bits per heavy atom. The van der Waals surface area contributed by atoms with Crippen molar-refractivity contribution in [3.8, 4) is 0 Å². The fourth-order valence-corrected chi connectivity index (χ4v) is 2.82. The Hall–Kier alpha value is -0.410. The Morgan fingerprint density at radius 3 is 2.00 bits per heavy atom. The zero-order valence-electron chi connectivity index (χ0n) is 13.9. The Balaban J connectivity index is 4.45. The number of allylic oxidation sites excluding steroid dienone is 2. The van der Waals surface area contributed by atoms with Gasteiger partial charge in [-0.2, -0.15) is 0 Å². The molecule has 124 valence electrons. The summed E-state index contributed by atoms with van der Waals surface area (Å²) >= 11 is 0. The smallest absolute Gasteiger partial charge is 0.287 e. The van der Waals surface area contributed by atoms with Gasteiger partial charge >= 0.3 is 7.82 Å². The lowest BCUT2D eigenvalue weighted by Gasteiger charge is -2.20. The summed E-state index contributed by atoms with van der Waals surface area (Å²) in [7, 11) is -3.48. The average Bonchev–Trinajstić information content (AvgIpc) is 2.48. The van der Waals surface area contributed by atoms with Crippen LogP contribution in [-0.2, 0) is 18.1 Å². The van der Waals surface area contributed by atoms with Gasteiger partial charge in [-0.3, -0.25) is 13.6 Å². The molecule has 0 saturated heterocycles. The van der Waals surface area contributed by atoms with Gasteiger partial charge in [0.1, 0.15) is 0 Å². The number of phosphoric acid groups is 1. The molecule has 1 atom stereocenters. The molecule has 0 aliphatic rings. The zero-order chi connectivity index (χ0) is 16.0. The van der Waals surface area contributed by atoms with Crippen molar-refractivity contribution < 1.29 is 18.1 Å². The summed E-state index contributed by atoms with van der Waals surface area (Å²) in [6, 6.07) is 0. The van der Waals surface area contributed by atoms with Crippen LogP contribution in [0.4, 0.5) is 0 Å². The molecule has 0 radical (unpaired) electrons. The minimum absolute atomic E-state index is 0.232. The van der Waals surface area contributed by atoms with Crippen LogP contribution in [0.25, 0.3) is 0 Å². The van der Waals surface area contributed by atoms with Gasteiger partial charge in [0.05, 0.1) is 19.8 Å². The maximum absolute atomic E-state index is 12.5. The van der Waals surface area contributed by atoms with Crippen molar-refractivity contribution in [2.75, 3.05) is 19.8 Å². The van der Waals surface area contributed by atoms with E-state index in [1.165, 1.54) is 0 Å². The quantitative estimate of drug-likeness (QED) is 0.331. The van der Waals surface area contributed by atoms with Crippen LogP contribution in [0.5, 0.6) is 0 Å². The van der Waals surface area contributed by atoms with Crippen LogP contribution in [0.1, 0.15) is 53.4 Å². The van der Waals surface area contributed by atoms with Crippen LogP contribution in [0, 0.1) is 5.92 Å². The Labute approximate surface area is 130 Å². The first kappa shape index (κ1) is 20.6. The molecule has 0 heterocycles. The second-order valence-electron chi connectivity index (χ2n) is 4.89. The van der Waals surface area contributed by atoms with E-state index >= 15 is 0 Å². The zero-order valence-corrected chi connectivity index (χ0v) is 14.8. The van der Waals surface area contributed by atoms with E-state index in [1.807, 2.05) is 26.0 Å². The van der Waals surface area contributed by atoms with Crippen molar-refractivity contribution in [1.29, 1.82) is 0 Å². The first-order valence-corrected chi connectivity index (χ1v) is 9.33. The van der Waals surface area contributed by atoms with Crippen molar-refractivity contribution in [2.24, 2.45) is 5.92 Å². The third-order valence-electron chi connectivity index (χ3n) is 3.14. The van der Waals surface area contributed by atoms with Crippen LogP contribution in [0.3, 0.4) is 0 Å². The van der Waals surface area contributed by atoms with Gasteiger partial charge < -0.3 is 0 Å². The highest BCUT2D eigenvalue weighted by molar-refractivity contribution is 7.48. The molecule has 0 bridgehead atoms. The van der Waals surface area contributed by atoms with E-state index in [-0.39, 0.29) is 13.2 Å². The van der Waals surface area contributed by atoms with Crippen molar-refractivity contribution in [3.05, 3.63) is 24.3 Å². The van der Waals surface area contributed by atoms with Crippen LogP contribution < -0.4 is 0 Å². The van der Waals surface area contributed by atoms with E-state index < -0.39 is 7.82 Å². The van der Waals surface area contributed by atoms with Gasteiger partial charge in [-0.05, 0) is 26.2 Å². The van der Waals surface area contributed by atoms with Gasteiger partial charge in [0, 0.05) is 0 Å². The molecule has 0 aromatic carbocycles. The normalized spacial score (nSPS) is 16.6. The van der Waals surface area contributed by atoms with Gasteiger partial charge in [-0.1, -0.05) is 57.4 Å². The predicted octanol–water partition coefficient (Wildman–Crippen LogP) is 5.51.